The van der Waals surface area contributed by atoms with Gasteiger partial charge in [-0.25, -0.2) is 0 Å². The summed E-state index contributed by atoms with van der Waals surface area (Å²) in [6, 6.07) is 0. The second kappa shape index (κ2) is 19.9. The number of hydrogen-bond acceptors (Lipinski definition) is 11. The standard InChI is InChI=1S/C41H71N3O8/c1-5-6-7-8-9-10-23-49-35(45)14-11-27(2)30-12-13-31-39-32(26-34(41(30,31)4)52-38(48)18-22-44)40(3)19-15-29(50-36(46)16-20-42)24-28(40)25-33(39)51-37(47)17-21-43/h27-34,39H,5-26,42-44H2,1-4H3/t27?,28?,29-,30?,31+,32+,33-,34+,39?,40?,41?/m1/s1. The van der Waals surface area contributed by atoms with Crippen LogP contribution in [0.3, 0.4) is 0 Å². The Hall–Kier alpha value is -2.24. The molecule has 0 aromatic carbocycles. The fourth-order valence-corrected chi connectivity index (χ4v) is 11.2. The van der Waals surface area contributed by atoms with Gasteiger partial charge >= 0.3 is 23.9 Å². The second-order valence-corrected chi connectivity index (χ2v) is 17.0. The molecular formula is C41H71N3O8. The molecule has 4 aliphatic carbocycles. The van der Waals surface area contributed by atoms with Gasteiger partial charge in [0, 0.05) is 37.4 Å². The van der Waals surface area contributed by atoms with E-state index in [-0.39, 0.29) is 127 Å². The van der Waals surface area contributed by atoms with Crippen LogP contribution in [-0.4, -0.2) is 68.4 Å². The molecule has 0 saturated heterocycles. The molecule has 298 valence electrons. The van der Waals surface area contributed by atoms with Crippen molar-refractivity contribution in [3.63, 3.8) is 0 Å². The van der Waals surface area contributed by atoms with Crippen molar-refractivity contribution in [2.45, 2.75) is 162 Å². The molecule has 0 aromatic rings. The zero-order chi connectivity index (χ0) is 37.9. The third kappa shape index (κ3) is 10.1. The number of hydrogen-bond donors (Lipinski definition) is 3. The molecule has 4 rings (SSSR count). The average molecular weight is 734 g/mol. The van der Waals surface area contributed by atoms with E-state index in [1.807, 2.05) is 0 Å². The van der Waals surface area contributed by atoms with Gasteiger partial charge in [0.1, 0.15) is 18.3 Å². The van der Waals surface area contributed by atoms with Crippen LogP contribution >= 0.6 is 0 Å². The lowest BCUT2D eigenvalue weighted by molar-refractivity contribution is -0.225. The van der Waals surface area contributed by atoms with Crippen LogP contribution in [-0.2, 0) is 38.1 Å². The van der Waals surface area contributed by atoms with Crippen LogP contribution in [0.5, 0.6) is 0 Å². The molecule has 11 atom stereocenters. The van der Waals surface area contributed by atoms with E-state index in [0.29, 0.717) is 38.7 Å². The minimum absolute atomic E-state index is 0.0910. The third-order valence-electron chi connectivity index (χ3n) is 13.9. The molecule has 0 heterocycles. The highest BCUT2D eigenvalue weighted by Gasteiger charge is 2.67. The van der Waals surface area contributed by atoms with Crippen LogP contribution < -0.4 is 17.2 Å². The smallest absolute Gasteiger partial charge is 0.307 e. The van der Waals surface area contributed by atoms with Crippen molar-refractivity contribution in [1.29, 1.82) is 0 Å². The third-order valence-corrected chi connectivity index (χ3v) is 13.9. The van der Waals surface area contributed by atoms with E-state index in [1.54, 1.807) is 0 Å². The Morgan fingerprint density at radius 3 is 2.02 bits per heavy atom. The molecule has 0 amide bonds. The molecule has 0 aliphatic heterocycles. The molecule has 0 bridgehead atoms. The lowest BCUT2D eigenvalue weighted by Gasteiger charge is -2.64. The van der Waals surface area contributed by atoms with Gasteiger partial charge in [-0.15, -0.1) is 0 Å². The van der Waals surface area contributed by atoms with Gasteiger partial charge in [0.25, 0.3) is 0 Å². The van der Waals surface area contributed by atoms with Crippen molar-refractivity contribution in [2.24, 2.45) is 63.5 Å². The van der Waals surface area contributed by atoms with Crippen LogP contribution in [0, 0.1) is 46.3 Å². The molecule has 0 spiro atoms. The van der Waals surface area contributed by atoms with E-state index in [2.05, 4.69) is 27.7 Å². The second-order valence-electron chi connectivity index (χ2n) is 17.0. The van der Waals surface area contributed by atoms with Crippen LogP contribution in [0.2, 0.25) is 0 Å². The summed E-state index contributed by atoms with van der Waals surface area (Å²) in [5.41, 5.74) is 16.7. The number of carbonyl (C=O) groups excluding carboxylic acids is 4. The van der Waals surface area contributed by atoms with Gasteiger partial charge in [0.15, 0.2) is 0 Å². The summed E-state index contributed by atoms with van der Waals surface area (Å²) in [5.74, 6) is -0.00360. The minimum atomic E-state index is -0.371. The highest BCUT2D eigenvalue weighted by Crippen LogP contribution is 2.69. The number of rotatable bonds is 20. The van der Waals surface area contributed by atoms with Gasteiger partial charge in [-0.2, -0.15) is 0 Å². The van der Waals surface area contributed by atoms with E-state index in [9.17, 15) is 19.2 Å². The molecule has 6 unspecified atom stereocenters. The minimum Gasteiger partial charge on any atom is -0.466 e. The fraction of sp³-hybridized carbons (Fsp3) is 0.902. The van der Waals surface area contributed by atoms with Crippen molar-refractivity contribution in [3.05, 3.63) is 0 Å². The Morgan fingerprint density at radius 1 is 0.712 bits per heavy atom. The Bertz CT molecular complexity index is 1180. The van der Waals surface area contributed by atoms with E-state index >= 15 is 0 Å². The number of ether oxygens (including phenoxy) is 4. The molecule has 11 nitrogen and oxygen atoms in total. The number of fused-ring (bicyclic) bond motifs is 5. The van der Waals surface area contributed by atoms with Gasteiger partial charge in [0.05, 0.1) is 25.9 Å². The van der Waals surface area contributed by atoms with E-state index in [4.69, 9.17) is 36.1 Å². The zero-order valence-electron chi connectivity index (χ0n) is 32.8. The molecule has 0 aromatic heterocycles. The molecule has 52 heavy (non-hydrogen) atoms. The largest absolute Gasteiger partial charge is 0.466 e. The summed E-state index contributed by atoms with van der Waals surface area (Å²) in [7, 11) is 0. The van der Waals surface area contributed by atoms with Crippen LogP contribution in [0.1, 0.15) is 143 Å². The lowest BCUT2D eigenvalue weighted by Crippen LogP contribution is -2.63. The first kappa shape index (κ1) is 42.5. The van der Waals surface area contributed by atoms with Gasteiger partial charge < -0.3 is 36.1 Å². The van der Waals surface area contributed by atoms with Crippen molar-refractivity contribution in [3.8, 4) is 0 Å². The van der Waals surface area contributed by atoms with Gasteiger partial charge in [0.2, 0.25) is 0 Å². The summed E-state index contributed by atoms with van der Waals surface area (Å²) in [6.45, 7) is 10.3. The molecule has 4 aliphatic rings. The Labute approximate surface area is 312 Å². The maximum absolute atomic E-state index is 13.2. The Kier molecular flexibility index (Phi) is 16.3. The molecular weight excluding hydrogens is 662 g/mol. The van der Waals surface area contributed by atoms with Crippen LogP contribution in [0.4, 0.5) is 0 Å². The summed E-state index contributed by atoms with van der Waals surface area (Å²) >= 11 is 0. The normalized spacial score (nSPS) is 34.3. The van der Waals surface area contributed by atoms with Crippen molar-refractivity contribution >= 4 is 23.9 Å². The predicted octanol–water partition coefficient (Wildman–Crippen LogP) is 5.97. The SMILES string of the molecule is CCCCCCCCOC(=O)CCC(C)C1CC[C@H]2C3[C@H](OC(=O)CCN)CC4C[C@H](OC(=O)CCN)CCC4(C)[C@H]3C[C@H](OC(=O)CCN)C12C. The molecule has 0 radical (unpaired) electrons. The fourth-order valence-electron chi connectivity index (χ4n) is 11.2. The van der Waals surface area contributed by atoms with Crippen LogP contribution in [0.25, 0.3) is 0 Å². The van der Waals surface area contributed by atoms with E-state index < -0.39 is 0 Å². The monoisotopic (exact) mass is 734 g/mol. The van der Waals surface area contributed by atoms with Gasteiger partial charge in [-0.3, -0.25) is 19.2 Å². The van der Waals surface area contributed by atoms with Crippen molar-refractivity contribution in [1.82, 2.24) is 0 Å². The topological polar surface area (TPSA) is 183 Å². The summed E-state index contributed by atoms with van der Waals surface area (Å²) in [5, 5.41) is 0. The number of carbonyl (C=O) groups is 4. The average Bonchev–Trinajstić information content (AvgIpc) is 3.46. The van der Waals surface area contributed by atoms with Crippen LogP contribution in [0.15, 0.2) is 0 Å². The number of esters is 4. The predicted molar refractivity (Wildman–Crippen MR) is 199 cm³/mol. The van der Waals surface area contributed by atoms with Gasteiger partial charge in [-0.1, -0.05) is 59.8 Å². The summed E-state index contributed by atoms with van der Waals surface area (Å²) < 4.78 is 24.3. The highest BCUT2D eigenvalue weighted by atomic mass is 16.6. The molecule has 4 fully saturated rings. The first-order valence-electron chi connectivity index (χ1n) is 20.8. The lowest BCUT2D eigenvalue weighted by atomic mass is 9.43. The Morgan fingerprint density at radius 2 is 1.35 bits per heavy atom. The van der Waals surface area contributed by atoms with E-state index in [0.717, 1.165) is 38.5 Å². The molecule has 11 heteroatoms. The molecule has 6 N–H and O–H groups in total. The van der Waals surface area contributed by atoms with Gasteiger partial charge in [-0.05, 0) is 92.8 Å². The maximum Gasteiger partial charge on any atom is 0.307 e. The maximum atomic E-state index is 13.2. The first-order chi connectivity index (χ1) is 24.9. The van der Waals surface area contributed by atoms with Crippen molar-refractivity contribution < 1.29 is 38.1 Å². The quantitative estimate of drug-likeness (QED) is 0.0762. The number of unbranched alkanes of at least 4 members (excludes halogenated alkanes) is 5. The van der Waals surface area contributed by atoms with E-state index in [1.165, 1.54) is 25.7 Å². The highest BCUT2D eigenvalue weighted by molar-refractivity contribution is 5.71. The summed E-state index contributed by atoms with van der Waals surface area (Å²) in [4.78, 5) is 51.6. The van der Waals surface area contributed by atoms with Crippen molar-refractivity contribution in [2.75, 3.05) is 26.2 Å². The zero-order valence-corrected chi connectivity index (χ0v) is 32.8. The first-order valence-corrected chi connectivity index (χ1v) is 20.8. The number of nitrogens with two attached hydrogens (primary N) is 3. The molecule has 4 saturated carbocycles. The Balaban J connectivity index is 1.56. The summed E-state index contributed by atoms with van der Waals surface area (Å²) in [6.07, 6.45) is 13.2.